The topological polar surface area (TPSA) is 114 Å². The van der Waals surface area contributed by atoms with E-state index in [1.54, 1.807) is 11.3 Å². The molecule has 0 aliphatic carbocycles. The summed E-state index contributed by atoms with van der Waals surface area (Å²) in [6.45, 7) is 1.53. The number of aryl methyl sites for hydroxylation is 1. The summed E-state index contributed by atoms with van der Waals surface area (Å²) in [6, 6.07) is 3.90. The summed E-state index contributed by atoms with van der Waals surface area (Å²) >= 11 is 1.55. The maximum absolute atomic E-state index is 12.7. The Kier molecular flexibility index (Phi) is 6.94. The number of hydrogen-bond acceptors (Lipinski definition) is 7. The second-order valence-corrected chi connectivity index (χ2v) is 7.52. The maximum Gasteiger partial charge on any atom is 0.227 e. The van der Waals surface area contributed by atoms with Crippen LogP contribution in [-0.2, 0) is 16.0 Å². The van der Waals surface area contributed by atoms with E-state index < -0.39 is 0 Å². The van der Waals surface area contributed by atoms with Gasteiger partial charge >= 0.3 is 0 Å². The maximum atomic E-state index is 12.7. The second-order valence-electron chi connectivity index (χ2n) is 6.57. The number of carbonyl (C=O) groups excluding carboxylic acids is 2. The number of thiophene rings is 1. The zero-order chi connectivity index (χ0) is 19.1. The monoisotopic (exact) mass is 391 g/mol. The number of nitrogens with two attached hydrogens (primary N) is 1. The lowest BCUT2D eigenvalue weighted by Crippen LogP contribution is -2.49. The van der Waals surface area contributed by atoms with Crippen molar-refractivity contribution in [2.24, 2.45) is 5.73 Å². The van der Waals surface area contributed by atoms with E-state index in [-0.39, 0.29) is 17.9 Å². The van der Waals surface area contributed by atoms with E-state index >= 15 is 0 Å². The van der Waals surface area contributed by atoms with Crippen LogP contribution in [0.3, 0.4) is 0 Å². The molecule has 1 aliphatic heterocycles. The van der Waals surface area contributed by atoms with Gasteiger partial charge in [0.05, 0.1) is 4.88 Å². The number of hydrogen-bond donors (Lipinski definition) is 2. The molecule has 3 N–H and O–H groups in total. The number of rotatable bonds is 8. The Morgan fingerprint density at radius 1 is 1.37 bits per heavy atom. The minimum absolute atomic E-state index is 0.0392. The summed E-state index contributed by atoms with van der Waals surface area (Å²) in [5.41, 5.74) is 5.40. The molecule has 1 saturated heterocycles. The van der Waals surface area contributed by atoms with Crippen molar-refractivity contribution in [1.29, 1.82) is 0 Å². The Morgan fingerprint density at radius 3 is 3.04 bits per heavy atom. The van der Waals surface area contributed by atoms with E-state index in [0.29, 0.717) is 44.1 Å². The van der Waals surface area contributed by atoms with Crippen LogP contribution in [0.1, 0.15) is 38.0 Å². The van der Waals surface area contributed by atoms with Crippen LogP contribution in [0, 0.1) is 0 Å². The molecule has 0 aromatic carbocycles. The average molecular weight is 391 g/mol. The van der Waals surface area contributed by atoms with E-state index in [1.807, 2.05) is 22.4 Å². The third-order valence-corrected chi connectivity index (χ3v) is 5.48. The minimum Gasteiger partial charge on any atom is -0.354 e. The molecule has 0 radical (unpaired) electrons. The SMILES string of the molecule is NCCC(=O)NCC1CCCCN1C(=O)CCc1nc(-c2cccs2)no1. The third-order valence-electron chi connectivity index (χ3n) is 4.62. The smallest absolute Gasteiger partial charge is 0.227 e. The van der Waals surface area contributed by atoms with E-state index in [1.165, 1.54) is 0 Å². The van der Waals surface area contributed by atoms with Crippen molar-refractivity contribution in [3.05, 3.63) is 23.4 Å². The Morgan fingerprint density at radius 2 is 2.26 bits per heavy atom. The molecule has 0 saturated carbocycles. The number of piperidine rings is 1. The van der Waals surface area contributed by atoms with Crippen LogP contribution in [0.25, 0.3) is 10.7 Å². The molecular formula is C18H25N5O3S. The van der Waals surface area contributed by atoms with Gasteiger partial charge in [-0.1, -0.05) is 11.2 Å². The van der Waals surface area contributed by atoms with Crippen LogP contribution in [0.15, 0.2) is 22.0 Å². The molecule has 3 rings (SSSR count). The molecule has 3 heterocycles. The van der Waals surface area contributed by atoms with Gasteiger partial charge in [-0.15, -0.1) is 11.3 Å². The average Bonchev–Trinajstić information content (AvgIpc) is 3.36. The molecule has 2 aromatic rings. The molecular weight excluding hydrogens is 366 g/mol. The molecule has 2 aromatic heterocycles. The van der Waals surface area contributed by atoms with Crippen molar-refractivity contribution in [2.75, 3.05) is 19.6 Å². The number of likely N-dealkylation sites (tertiary alicyclic amines) is 1. The van der Waals surface area contributed by atoms with Crippen molar-refractivity contribution >= 4 is 23.2 Å². The molecule has 9 heteroatoms. The van der Waals surface area contributed by atoms with E-state index in [0.717, 1.165) is 30.7 Å². The van der Waals surface area contributed by atoms with Crippen LogP contribution in [0.2, 0.25) is 0 Å². The molecule has 1 aliphatic rings. The largest absolute Gasteiger partial charge is 0.354 e. The van der Waals surface area contributed by atoms with Gasteiger partial charge in [0.2, 0.25) is 23.5 Å². The summed E-state index contributed by atoms with van der Waals surface area (Å²) in [4.78, 5) is 31.5. The molecule has 146 valence electrons. The van der Waals surface area contributed by atoms with Crippen LogP contribution >= 0.6 is 11.3 Å². The van der Waals surface area contributed by atoms with Crippen molar-refractivity contribution < 1.29 is 14.1 Å². The lowest BCUT2D eigenvalue weighted by atomic mass is 10.0. The fraction of sp³-hybridized carbons (Fsp3) is 0.556. The highest BCUT2D eigenvalue weighted by Gasteiger charge is 2.27. The number of nitrogens with zero attached hydrogens (tertiary/aromatic N) is 3. The zero-order valence-corrected chi connectivity index (χ0v) is 16.0. The summed E-state index contributed by atoms with van der Waals surface area (Å²) in [5.74, 6) is 1.02. The standard InChI is InChI=1S/C18H25N5O3S/c19-9-8-15(24)20-12-13-4-1-2-10-23(13)17(25)7-6-16-21-18(22-26-16)14-5-3-11-27-14/h3,5,11,13H,1-2,4,6-10,12,19H2,(H,20,24). The Bertz CT molecular complexity index is 746. The van der Waals surface area contributed by atoms with Crippen LogP contribution in [0.4, 0.5) is 0 Å². The minimum atomic E-state index is -0.0672. The number of amides is 2. The first-order valence-corrected chi connectivity index (χ1v) is 10.2. The molecule has 0 bridgehead atoms. The summed E-state index contributed by atoms with van der Waals surface area (Å²) in [7, 11) is 0. The summed E-state index contributed by atoms with van der Waals surface area (Å²) in [6.07, 6.45) is 4.00. The van der Waals surface area contributed by atoms with Gasteiger partial charge in [-0.05, 0) is 30.7 Å². The predicted molar refractivity (Wildman–Crippen MR) is 102 cm³/mol. The van der Waals surface area contributed by atoms with E-state index in [2.05, 4.69) is 15.5 Å². The van der Waals surface area contributed by atoms with E-state index in [9.17, 15) is 9.59 Å². The molecule has 0 spiro atoms. The normalized spacial score (nSPS) is 17.1. The Balaban J connectivity index is 1.51. The van der Waals surface area contributed by atoms with Crippen molar-refractivity contribution in [1.82, 2.24) is 20.4 Å². The molecule has 2 amide bonds. The van der Waals surface area contributed by atoms with Gasteiger partial charge in [0.15, 0.2) is 0 Å². The molecule has 1 unspecified atom stereocenters. The highest BCUT2D eigenvalue weighted by Crippen LogP contribution is 2.22. The Labute approximate surface area is 162 Å². The third kappa shape index (κ3) is 5.36. The van der Waals surface area contributed by atoms with Crippen LogP contribution in [0.5, 0.6) is 0 Å². The lowest BCUT2D eigenvalue weighted by molar-refractivity contribution is -0.135. The van der Waals surface area contributed by atoms with Gasteiger partial charge in [-0.2, -0.15) is 4.98 Å². The van der Waals surface area contributed by atoms with Crippen molar-refractivity contribution in [2.45, 2.75) is 44.6 Å². The first kappa shape index (κ1) is 19.5. The molecule has 8 nitrogen and oxygen atoms in total. The molecule has 1 atom stereocenters. The fourth-order valence-corrected chi connectivity index (χ4v) is 3.86. The van der Waals surface area contributed by atoms with E-state index in [4.69, 9.17) is 10.3 Å². The van der Waals surface area contributed by atoms with Gasteiger partial charge in [0.1, 0.15) is 0 Å². The second kappa shape index (κ2) is 9.61. The van der Waals surface area contributed by atoms with Gasteiger partial charge in [-0.25, -0.2) is 0 Å². The molecule has 27 heavy (non-hydrogen) atoms. The van der Waals surface area contributed by atoms with Crippen molar-refractivity contribution in [3.63, 3.8) is 0 Å². The van der Waals surface area contributed by atoms with Crippen molar-refractivity contribution in [3.8, 4) is 10.7 Å². The molecule has 1 fully saturated rings. The number of nitrogens with one attached hydrogen (secondary N) is 1. The number of carbonyl (C=O) groups is 2. The van der Waals surface area contributed by atoms with Gasteiger partial charge in [-0.3, -0.25) is 9.59 Å². The van der Waals surface area contributed by atoms with Gasteiger partial charge < -0.3 is 20.5 Å². The first-order chi connectivity index (χ1) is 13.2. The lowest BCUT2D eigenvalue weighted by Gasteiger charge is -2.36. The predicted octanol–water partition coefficient (Wildman–Crippen LogP) is 1.58. The zero-order valence-electron chi connectivity index (χ0n) is 15.2. The highest BCUT2D eigenvalue weighted by atomic mass is 32.1. The highest BCUT2D eigenvalue weighted by molar-refractivity contribution is 7.13. The summed E-state index contributed by atoms with van der Waals surface area (Å²) < 4.78 is 5.26. The van der Waals surface area contributed by atoms with Gasteiger partial charge in [0, 0.05) is 44.9 Å². The summed E-state index contributed by atoms with van der Waals surface area (Å²) in [5, 5.41) is 8.81. The quantitative estimate of drug-likeness (QED) is 0.706. The first-order valence-electron chi connectivity index (χ1n) is 9.30. The van der Waals surface area contributed by atoms with Crippen LogP contribution < -0.4 is 11.1 Å². The Hall–Kier alpha value is -2.26. The fourth-order valence-electron chi connectivity index (χ4n) is 3.21. The van der Waals surface area contributed by atoms with Gasteiger partial charge in [0.25, 0.3) is 0 Å². The number of aromatic nitrogens is 2. The van der Waals surface area contributed by atoms with Crippen LogP contribution in [-0.4, -0.2) is 52.5 Å².